The zero-order valence-corrected chi connectivity index (χ0v) is 14.6. The second-order valence-corrected chi connectivity index (χ2v) is 5.31. The molecule has 0 aromatic heterocycles. The van der Waals surface area contributed by atoms with E-state index in [4.69, 9.17) is 9.47 Å². The molecule has 2 N–H and O–H groups in total. The van der Waals surface area contributed by atoms with Gasteiger partial charge >= 0.3 is 0 Å². The van der Waals surface area contributed by atoms with Gasteiger partial charge in [0.05, 0.1) is 14.2 Å². The maximum atomic E-state index is 13.0. The highest BCUT2D eigenvalue weighted by atomic mass is 19.1. The Balaban J connectivity index is 2.30. The molecule has 0 unspecified atom stereocenters. The minimum atomic E-state index is -0.540. The first-order valence-electron chi connectivity index (χ1n) is 7.71. The summed E-state index contributed by atoms with van der Waals surface area (Å²) in [5.74, 6) is -0.317. The summed E-state index contributed by atoms with van der Waals surface area (Å²) in [5, 5.41) is 5.09. The average molecular weight is 358 g/mol. The molecular weight excluding hydrogens is 339 g/mol. The number of halogens is 1. The van der Waals surface area contributed by atoms with Crippen LogP contribution in [0.2, 0.25) is 0 Å². The van der Waals surface area contributed by atoms with Crippen molar-refractivity contribution in [1.29, 1.82) is 0 Å². The number of carbonyl (C=O) groups excluding carboxylic acids is 2. The Bertz CT molecular complexity index is 832. The number of ether oxygens (including phenoxy) is 2. The molecule has 0 bridgehead atoms. The van der Waals surface area contributed by atoms with Crippen molar-refractivity contribution in [3.05, 3.63) is 59.5 Å². The molecule has 7 heteroatoms. The van der Waals surface area contributed by atoms with Crippen LogP contribution < -0.4 is 20.1 Å². The molecule has 26 heavy (non-hydrogen) atoms. The summed E-state index contributed by atoms with van der Waals surface area (Å²) in [6.07, 6.45) is 1.50. The second-order valence-electron chi connectivity index (χ2n) is 5.31. The van der Waals surface area contributed by atoms with Gasteiger partial charge in [-0.15, -0.1) is 0 Å². The van der Waals surface area contributed by atoms with Gasteiger partial charge in [-0.25, -0.2) is 4.39 Å². The van der Waals surface area contributed by atoms with Crippen LogP contribution in [0.5, 0.6) is 11.5 Å². The lowest BCUT2D eigenvalue weighted by Crippen LogP contribution is -2.28. The molecule has 6 nitrogen and oxygen atoms in total. The highest BCUT2D eigenvalue weighted by molar-refractivity contribution is 6.08. The van der Waals surface area contributed by atoms with Crippen molar-refractivity contribution in [3.63, 3.8) is 0 Å². The summed E-state index contributed by atoms with van der Waals surface area (Å²) in [6, 6.07) is 10.4. The number of amides is 2. The summed E-state index contributed by atoms with van der Waals surface area (Å²) >= 11 is 0. The summed E-state index contributed by atoms with van der Waals surface area (Å²) in [4.78, 5) is 23.9. The first-order chi connectivity index (χ1) is 12.4. The Morgan fingerprint density at radius 3 is 2.23 bits per heavy atom. The quantitative estimate of drug-likeness (QED) is 0.779. The number of benzene rings is 2. The van der Waals surface area contributed by atoms with E-state index >= 15 is 0 Å². The van der Waals surface area contributed by atoms with Gasteiger partial charge in [-0.05, 0) is 48.0 Å². The third-order valence-electron chi connectivity index (χ3n) is 3.38. The summed E-state index contributed by atoms with van der Waals surface area (Å²) in [5.41, 5.74) is 1.06. The zero-order valence-electron chi connectivity index (χ0n) is 14.6. The van der Waals surface area contributed by atoms with Gasteiger partial charge in [-0.1, -0.05) is 6.07 Å². The minimum absolute atomic E-state index is 0.0362. The molecule has 2 aromatic rings. The monoisotopic (exact) mass is 358 g/mol. The molecular formula is C19H19FN2O4. The molecule has 0 spiro atoms. The third kappa shape index (κ3) is 5.07. The largest absolute Gasteiger partial charge is 0.493 e. The zero-order chi connectivity index (χ0) is 19.1. The van der Waals surface area contributed by atoms with Crippen LogP contribution in [0.3, 0.4) is 0 Å². The maximum Gasteiger partial charge on any atom is 0.272 e. The van der Waals surface area contributed by atoms with Gasteiger partial charge in [0.1, 0.15) is 11.5 Å². The highest BCUT2D eigenvalue weighted by Gasteiger charge is 2.13. The fourth-order valence-corrected chi connectivity index (χ4v) is 2.19. The van der Waals surface area contributed by atoms with E-state index in [0.29, 0.717) is 22.7 Å². The molecule has 0 aliphatic rings. The first-order valence-corrected chi connectivity index (χ1v) is 7.71. The van der Waals surface area contributed by atoms with Crippen molar-refractivity contribution in [2.45, 2.75) is 6.92 Å². The molecule has 2 amide bonds. The Labute approximate surface area is 150 Å². The van der Waals surface area contributed by atoms with Crippen LogP contribution in [0.1, 0.15) is 12.5 Å². The molecule has 0 atom stereocenters. The molecule has 0 aliphatic heterocycles. The van der Waals surface area contributed by atoms with Crippen molar-refractivity contribution in [1.82, 2.24) is 5.32 Å². The molecule has 0 fully saturated rings. The molecule has 0 aliphatic carbocycles. The van der Waals surface area contributed by atoms with E-state index in [2.05, 4.69) is 10.6 Å². The number of hydrogen-bond acceptors (Lipinski definition) is 4. The number of carbonyl (C=O) groups is 2. The molecule has 2 rings (SSSR count). The number of rotatable bonds is 6. The van der Waals surface area contributed by atoms with E-state index < -0.39 is 17.6 Å². The van der Waals surface area contributed by atoms with E-state index in [1.54, 1.807) is 18.2 Å². The van der Waals surface area contributed by atoms with E-state index in [0.717, 1.165) is 0 Å². The lowest BCUT2D eigenvalue weighted by Gasteiger charge is -2.11. The van der Waals surface area contributed by atoms with Crippen molar-refractivity contribution in [3.8, 4) is 11.5 Å². The normalized spacial score (nSPS) is 10.8. The lowest BCUT2D eigenvalue weighted by molar-refractivity contribution is -0.120. The molecule has 2 aromatic carbocycles. The lowest BCUT2D eigenvalue weighted by atomic mass is 10.1. The molecule has 0 heterocycles. The standard InChI is InChI=1S/C19H19FN2O4/c1-12(23)21-16(19(24)22-15-7-5-14(20)6-8-15)10-13-4-9-17(25-2)18(11-13)26-3/h4-11H,1-3H3,(H,21,23)(H,22,24)/b16-10+. The summed E-state index contributed by atoms with van der Waals surface area (Å²) in [7, 11) is 3.02. The van der Waals surface area contributed by atoms with Gasteiger partial charge < -0.3 is 20.1 Å². The van der Waals surface area contributed by atoms with Crippen molar-refractivity contribution >= 4 is 23.6 Å². The molecule has 0 radical (unpaired) electrons. The summed E-state index contributed by atoms with van der Waals surface area (Å²) < 4.78 is 23.4. The Kier molecular flexibility index (Phi) is 6.32. The van der Waals surface area contributed by atoms with Crippen LogP contribution in [0, 0.1) is 5.82 Å². The van der Waals surface area contributed by atoms with Crippen LogP contribution in [0.15, 0.2) is 48.2 Å². The van der Waals surface area contributed by atoms with E-state index in [1.807, 2.05) is 0 Å². The van der Waals surface area contributed by atoms with Crippen LogP contribution in [0.4, 0.5) is 10.1 Å². The average Bonchev–Trinajstić information content (AvgIpc) is 2.62. The van der Waals surface area contributed by atoms with Crippen LogP contribution in [0.25, 0.3) is 6.08 Å². The predicted molar refractivity (Wildman–Crippen MR) is 96.4 cm³/mol. The van der Waals surface area contributed by atoms with Crippen LogP contribution in [-0.2, 0) is 9.59 Å². The van der Waals surface area contributed by atoms with Gasteiger partial charge in [0, 0.05) is 12.6 Å². The van der Waals surface area contributed by atoms with Crippen molar-refractivity contribution < 1.29 is 23.5 Å². The summed E-state index contributed by atoms with van der Waals surface area (Å²) in [6.45, 7) is 1.30. The van der Waals surface area contributed by atoms with Crippen LogP contribution in [-0.4, -0.2) is 26.0 Å². The SMILES string of the molecule is COc1ccc(/C=C(/NC(C)=O)C(=O)Nc2ccc(F)cc2)cc1OC. The Morgan fingerprint density at radius 2 is 1.65 bits per heavy atom. The smallest absolute Gasteiger partial charge is 0.272 e. The van der Waals surface area contributed by atoms with Gasteiger partial charge in [0.15, 0.2) is 11.5 Å². The number of hydrogen-bond donors (Lipinski definition) is 2. The minimum Gasteiger partial charge on any atom is -0.493 e. The molecule has 136 valence electrons. The van der Waals surface area contributed by atoms with Gasteiger partial charge in [0.2, 0.25) is 5.91 Å². The van der Waals surface area contributed by atoms with E-state index in [1.165, 1.54) is 51.5 Å². The predicted octanol–water partition coefficient (Wildman–Crippen LogP) is 2.96. The third-order valence-corrected chi connectivity index (χ3v) is 3.38. The molecule has 0 saturated heterocycles. The first kappa shape index (κ1) is 19.0. The van der Waals surface area contributed by atoms with Gasteiger partial charge in [0.25, 0.3) is 5.91 Å². The van der Waals surface area contributed by atoms with Crippen molar-refractivity contribution in [2.75, 3.05) is 19.5 Å². The highest BCUT2D eigenvalue weighted by Crippen LogP contribution is 2.28. The fourth-order valence-electron chi connectivity index (χ4n) is 2.19. The van der Waals surface area contributed by atoms with Gasteiger partial charge in [-0.3, -0.25) is 9.59 Å². The van der Waals surface area contributed by atoms with Crippen molar-refractivity contribution in [2.24, 2.45) is 0 Å². The number of anilines is 1. The topological polar surface area (TPSA) is 76.7 Å². The molecule has 0 saturated carbocycles. The fraction of sp³-hybridized carbons (Fsp3) is 0.158. The number of methoxy groups -OCH3 is 2. The van der Waals surface area contributed by atoms with E-state index in [-0.39, 0.29) is 5.70 Å². The Hall–Kier alpha value is -3.35. The maximum absolute atomic E-state index is 13.0. The van der Waals surface area contributed by atoms with E-state index in [9.17, 15) is 14.0 Å². The Morgan fingerprint density at radius 1 is 1.00 bits per heavy atom. The second kappa shape index (κ2) is 8.66. The van der Waals surface area contributed by atoms with Crippen LogP contribution >= 0.6 is 0 Å². The van der Waals surface area contributed by atoms with Gasteiger partial charge in [-0.2, -0.15) is 0 Å². The number of nitrogens with one attached hydrogen (secondary N) is 2.